The first kappa shape index (κ1) is 19.7. The molecule has 142 valence electrons. The molecule has 1 heterocycles. The van der Waals surface area contributed by atoms with E-state index in [2.05, 4.69) is 15.0 Å². The standard InChI is InChI=1S/C18H17F3N4S2/c1-22-27-14-6-7-16(15(9-14)17-10-25(2)11-23-17)24-12-4-3-5-13(8-12)26-18(19,20)21/h3-11,22,24H,1-2H3. The van der Waals surface area contributed by atoms with Crippen molar-refractivity contribution >= 4 is 35.1 Å². The van der Waals surface area contributed by atoms with Crippen LogP contribution in [0.15, 0.2) is 64.8 Å². The van der Waals surface area contributed by atoms with Crippen molar-refractivity contribution in [1.82, 2.24) is 14.3 Å². The first-order valence-electron chi connectivity index (χ1n) is 7.93. The van der Waals surface area contributed by atoms with Crippen LogP contribution < -0.4 is 10.0 Å². The van der Waals surface area contributed by atoms with Crippen molar-refractivity contribution in [1.29, 1.82) is 0 Å². The smallest absolute Gasteiger partial charge is 0.355 e. The highest BCUT2D eigenvalue weighted by Gasteiger charge is 2.29. The Hall–Kier alpha value is -2.10. The van der Waals surface area contributed by atoms with Crippen molar-refractivity contribution in [3.8, 4) is 11.3 Å². The van der Waals surface area contributed by atoms with Crippen molar-refractivity contribution < 1.29 is 13.2 Å². The third kappa shape index (κ3) is 5.44. The van der Waals surface area contributed by atoms with Gasteiger partial charge in [0.05, 0.1) is 12.0 Å². The number of halogens is 3. The zero-order valence-electron chi connectivity index (χ0n) is 14.5. The molecular weight excluding hydrogens is 393 g/mol. The van der Waals surface area contributed by atoms with E-state index in [1.165, 1.54) is 24.1 Å². The summed E-state index contributed by atoms with van der Waals surface area (Å²) in [5.41, 5.74) is -1.33. The van der Waals surface area contributed by atoms with Gasteiger partial charge in [-0.25, -0.2) is 4.98 Å². The zero-order valence-corrected chi connectivity index (χ0v) is 16.2. The predicted octanol–water partition coefficient (Wildman–Crippen LogP) is 5.67. The molecule has 9 heteroatoms. The lowest BCUT2D eigenvalue weighted by Crippen LogP contribution is -2.00. The molecule has 0 saturated heterocycles. The minimum absolute atomic E-state index is 0.129. The lowest BCUT2D eigenvalue weighted by molar-refractivity contribution is -0.0328. The Bertz CT molecular complexity index is 925. The van der Waals surface area contributed by atoms with Gasteiger partial charge in [-0.05, 0) is 67.2 Å². The van der Waals surface area contributed by atoms with Gasteiger partial charge in [0.2, 0.25) is 0 Å². The number of nitrogens with zero attached hydrogens (tertiary/aromatic N) is 2. The molecule has 3 rings (SSSR count). The van der Waals surface area contributed by atoms with Crippen molar-refractivity contribution in [2.75, 3.05) is 12.4 Å². The molecule has 27 heavy (non-hydrogen) atoms. The van der Waals surface area contributed by atoms with Gasteiger partial charge in [0.15, 0.2) is 0 Å². The maximum absolute atomic E-state index is 12.6. The van der Waals surface area contributed by atoms with Crippen LogP contribution in [0.5, 0.6) is 0 Å². The van der Waals surface area contributed by atoms with Gasteiger partial charge < -0.3 is 9.88 Å². The van der Waals surface area contributed by atoms with E-state index in [1.54, 1.807) is 18.5 Å². The number of anilines is 2. The van der Waals surface area contributed by atoms with Crippen LogP contribution in [0.25, 0.3) is 11.3 Å². The molecular formula is C18H17F3N4S2. The fraction of sp³-hybridized carbons (Fsp3) is 0.167. The number of nitrogens with one attached hydrogen (secondary N) is 2. The van der Waals surface area contributed by atoms with Gasteiger partial charge in [0.25, 0.3) is 0 Å². The average Bonchev–Trinajstić information content (AvgIpc) is 3.01. The molecule has 0 aliphatic heterocycles. The summed E-state index contributed by atoms with van der Waals surface area (Å²) in [4.78, 5) is 5.53. The molecule has 0 fully saturated rings. The molecule has 2 aromatic carbocycles. The Morgan fingerprint density at radius 3 is 2.56 bits per heavy atom. The number of hydrogen-bond acceptors (Lipinski definition) is 5. The van der Waals surface area contributed by atoms with E-state index in [0.717, 1.165) is 21.8 Å². The number of aryl methyl sites for hydroxylation is 1. The lowest BCUT2D eigenvalue weighted by atomic mass is 10.1. The molecule has 0 unspecified atom stereocenters. The number of hydrogen-bond donors (Lipinski definition) is 2. The Morgan fingerprint density at radius 2 is 1.89 bits per heavy atom. The predicted molar refractivity (Wildman–Crippen MR) is 105 cm³/mol. The highest BCUT2D eigenvalue weighted by molar-refractivity contribution is 8.00. The third-order valence-electron chi connectivity index (χ3n) is 3.54. The second kappa shape index (κ2) is 8.28. The van der Waals surface area contributed by atoms with Crippen LogP contribution in [0, 0.1) is 0 Å². The monoisotopic (exact) mass is 410 g/mol. The van der Waals surface area contributed by atoms with Gasteiger partial charge in [-0.1, -0.05) is 6.07 Å². The van der Waals surface area contributed by atoms with Crippen molar-refractivity contribution in [3.05, 3.63) is 55.0 Å². The van der Waals surface area contributed by atoms with Crippen LogP contribution in [0.4, 0.5) is 24.5 Å². The van der Waals surface area contributed by atoms with Gasteiger partial charge in [-0.3, -0.25) is 4.72 Å². The summed E-state index contributed by atoms with van der Waals surface area (Å²) in [7, 11) is 3.72. The Balaban J connectivity index is 1.93. The van der Waals surface area contributed by atoms with E-state index in [9.17, 15) is 13.2 Å². The number of alkyl halides is 3. The molecule has 0 spiro atoms. The van der Waals surface area contributed by atoms with Crippen LogP contribution in [-0.2, 0) is 7.05 Å². The molecule has 3 aromatic rings. The van der Waals surface area contributed by atoms with E-state index >= 15 is 0 Å². The van der Waals surface area contributed by atoms with Crippen molar-refractivity contribution in [2.24, 2.45) is 7.05 Å². The molecule has 0 bridgehead atoms. The average molecular weight is 410 g/mol. The van der Waals surface area contributed by atoms with Gasteiger partial charge in [0, 0.05) is 40.0 Å². The molecule has 0 radical (unpaired) electrons. The summed E-state index contributed by atoms with van der Waals surface area (Å²) < 4.78 is 42.8. The summed E-state index contributed by atoms with van der Waals surface area (Å²) in [5, 5.41) is 3.22. The van der Waals surface area contributed by atoms with Gasteiger partial charge in [-0.15, -0.1) is 0 Å². The molecule has 1 aromatic heterocycles. The first-order chi connectivity index (χ1) is 12.8. The second-order valence-electron chi connectivity index (χ2n) is 5.64. The fourth-order valence-corrected chi connectivity index (χ4v) is 3.65. The molecule has 0 aliphatic carbocycles. The zero-order chi connectivity index (χ0) is 19.4. The summed E-state index contributed by atoms with van der Waals surface area (Å²) in [6.07, 6.45) is 3.60. The lowest BCUT2D eigenvalue weighted by Gasteiger charge is -2.14. The molecule has 4 nitrogen and oxygen atoms in total. The number of rotatable bonds is 6. The number of thioether (sulfide) groups is 1. The minimum Gasteiger partial charge on any atom is -0.355 e. The number of benzene rings is 2. The normalized spacial score (nSPS) is 11.6. The maximum Gasteiger partial charge on any atom is 0.446 e. The molecule has 2 N–H and O–H groups in total. The highest BCUT2D eigenvalue weighted by Crippen LogP contribution is 2.38. The summed E-state index contributed by atoms with van der Waals surface area (Å²) in [5.74, 6) is 0. The molecule has 0 atom stereocenters. The van der Waals surface area contributed by atoms with E-state index in [-0.39, 0.29) is 16.7 Å². The van der Waals surface area contributed by atoms with Crippen LogP contribution in [0.3, 0.4) is 0 Å². The second-order valence-corrected chi connectivity index (χ2v) is 7.86. The Kier molecular flexibility index (Phi) is 6.03. The van der Waals surface area contributed by atoms with Crippen LogP contribution in [0.2, 0.25) is 0 Å². The van der Waals surface area contributed by atoms with E-state index in [1.807, 2.05) is 43.1 Å². The summed E-state index contributed by atoms with van der Waals surface area (Å²) in [6.45, 7) is 0. The van der Waals surface area contributed by atoms with Gasteiger partial charge >= 0.3 is 5.51 Å². The Labute approximate surface area is 163 Å². The minimum atomic E-state index is -4.32. The largest absolute Gasteiger partial charge is 0.446 e. The van der Waals surface area contributed by atoms with E-state index < -0.39 is 5.51 Å². The molecule has 0 saturated carbocycles. The maximum atomic E-state index is 12.6. The molecule has 0 amide bonds. The SMILES string of the molecule is CNSc1ccc(Nc2cccc(SC(F)(F)F)c2)c(-c2cn(C)cn2)c1. The van der Waals surface area contributed by atoms with Crippen LogP contribution in [0.1, 0.15) is 0 Å². The van der Waals surface area contributed by atoms with E-state index in [0.29, 0.717) is 5.69 Å². The highest BCUT2D eigenvalue weighted by atomic mass is 32.2. The topological polar surface area (TPSA) is 41.9 Å². The fourth-order valence-electron chi connectivity index (χ4n) is 2.50. The quantitative estimate of drug-likeness (QED) is 0.405. The summed E-state index contributed by atoms with van der Waals surface area (Å²) >= 11 is 1.35. The van der Waals surface area contributed by atoms with Gasteiger partial charge in [0.1, 0.15) is 0 Å². The Morgan fingerprint density at radius 1 is 1.07 bits per heavy atom. The third-order valence-corrected chi connectivity index (χ3v) is 4.95. The number of aromatic nitrogens is 2. The van der Waals surface area contributed by atoms with Crippen LogP contribution in [-0.4, -0.2) is 22.1 Å². The molecule has 0 aliphatic rings. The van der Waals surface area contributed by atoms with Crippen LogP contribution >= 0.6 is 23.7 Å². The summed E-state index contributed by atoms with van der Waals surface area (Å²) in [6, 6.07) is 12.1. The van der Waals surface area contributed by atoms with Crippen molar-refractivity contribution in [3.63, 3.8) is 0 Å². The van der Waals surface area contributed by atoms with E-state index in [4.69, 9.17) is 0 Å². The number of imidazole rings is 1. The first-order valence-corrected chi connectivity index (χ1v) is 9.56. The van der Waals surface area contributed by atoms with Crippen molar-refractivity contribution in [2.45, 2.75) is 15.3 Å². The van der Waals surface area contributed by atoms with Gasteiger partial charge in [-0.2, -0.15) is 13.2 Å².